The number of aliphatic hydroxyl groups excluding tert-OH is 1. The van der Waals surface area contributed by atoms with Crippen molar-refractivity contribution in [1.82, 2.24) is 5.32 Å². The third-order valence-corrected chi connectivity index (χ3v) is 1.99. The van der Waals surface area contributed by atoms with Crippen LogP contribution < -0.4 is 5.32 Å². The van der Waals surface area contributed by atoms with Crippen LogP contribution in [0.2, 0.25) is 0 Å². The molecule has 74 valence electrons. The minimum Gasteiger partial charge on any atom is -0.466 e. The maximum atomic E-state index is 11.2. The number of rotatable bonds is 2. The number of piperidine rings is 1. The van der Waals surface area contributed by atoms with Gasteiger partial charge < -0.3 is 15.2 Å². The number of hydrogen-bond acceptors (Lipinski definition) is 4. The minimum absolute atomic E-state index is 0.268. The zero-order valence-electron chi connectivity index (χ0n) is 7.45. The summed E-state index contributed by atoms with van der Waals surface area (Å²) in [6, 6.07) is 0. The summed E-state index contributed by atoms with van der Waals surface area (Å²) in [5.74, 6) is -1.69. The first-order chi connectivity index (χ1) is 6.16. The van der Waals surface area contributed by atoms with E-state index in [-0.39, 0.29) is 6.61 Å². The van der Waals surface area contributed by atoms with Gasteiger partial charge in [-0.25, -0.2) is 0 Å². The van der Waals surface area contributed by atoms with Gasteiger partial charge in [0.15, 0.2) is 0 Å². The van der Waals surface area contributed by atoms with Crippen LogP contribution in [0.5, 0.6) is 0 Å². The Kier molecular flexibility index (Phi) is 3.25. The number of carbonyl (C=O) groups is 2. The summed E-state index contributed by atoms with van der Waals surface area (Å²) in [4.78, 5) is 22.1. The fourth-order valence-electron chi connectivity index (χ4n) is 1.29. The molecule has 0 aromatic carbocycles. The normalized spacial score (nSPS) is 28.0. The highest BCUT2D eigenvalue weighted by molar-refractivity contribution is 5.88. The van der Waals surface area contributed by atoms with Crippen molar-refractivity contribution in [1.29, 1.82) is 0 Å². The third kappa shape index (κ3) is 2.18. The molecule has 1 heterocycles. The molecule has 1 saturated heterocycles. The van der Waals surface area contributed by atoms with E-state index in [0.29, 0.717) is 13.0 Å². The molecule has 0 aromatic rings. The van der Waals surface area contributed by atoms with E-state index in [1.807, 2.05) is 0 Å². The van der Waals surface area contributed by atoms with E-state index in [4.69, 9.17) is 4.74 Å². The highest BCUT2D eigenvalue weighted by Gasteiger charge is 2.36. The van der Waals surface area contributed by atoms with Crippen molar-refractivity contribution in [2.75, 3.05) is 13.2 Å². The van der Waals surface area contributed by atoms with Crippen LogP contribution in [0.3, 0.4) is 0 Å². The molecule has 1 rings (SSSR count). The molecule has 0 radical (unpaired) electrons. The summed E-state index contributed by atoms with van der Waals surface area (Å²) in [6.07, 6.45) is -0.820. The van der Waals surface area contributed by atoms with Gasteiger partial charge in [0.1, 0.15) is 6.10 Å². The van der Waals surface area contributed by atoms with E-state index < -0.39 is 23.9 Å². The fraction of sp³-hybridized carbons (Fsp3) is 0.750. The van der Waals surface area contributed by atoms with E-state index >= 15 is 0 Å². The van der Waals surface area contributed by atoms with Crippen LogP contribution in [0.4, 0.5) is 0 Å². The topological polar surface area (TPSA) is 75.6 Å². The monoisotopic (exact) mass is 187 g/mol. The number of carbonyl (C=O) groups excluding carboxylic acids is 2. The van der Waals surface area contributed by atoms with Crippen LogP contribution in [0.25, 0.3) is 0 Å². The second-order valence-electron chi connectivity index (χ2n) is 2.88. The van der Waals surface area contributed by atoms with Gasteiger partial charge >= 0.3 is 5.97 Å². The molecule has 1 amide bonds. The third-order valence-electron chi connectivity index (χ3n) is 1.99. The zero-order valence-corrected chi connectivity index (χ0v) is 7.45. The Morgan fingerprint density at radius 1 is 1.77 bits per heavy atom. The van der Waals surface area contributed by atoms with Gasteiger partial charge in [0, 0.05) is 6.54 Å². The molecular formula is C8H13NO4. The molecular weight excluding hydrogens is 174 g/mol. The van der Waals surface area contributed by atoms with Crippen molar-refractivity contribution in [3.05, 3.63) is 0 Å². The number of amides is 1. The largest absolute Gasteiger partial charge is 0.466 e. The first-order valence-electron chi connectivity index (χ1n) is 4.29. The number of aliphatic hydroxyl groups is 1. The number of esters is 1. The summed E-state index contributed by atoms with van der Waals surface area (Å²) >= 11 is 0. The van der Waals surface area contributed by atoms with Crippen LogP contribution in [0, 0.1) is 5.92 Å². The molecule has 0 spiro atoms. The molecule has 0 aliphatic carbocycles. The lowest BCUT2D eigenvalue weighted by Gasteiger charge is -2.25. The summed E-state index contributed by atoms with van der Waals surface area (Å²) in [5.41, 5.74) is 0. The van der Waals surface area contributed by atoms with Crippen molar-refractivity contribution >= 4 is 11.9 Å². The second kappa shape index (κ2) is 4.23. The highest BCUT2D eigenvalue weighted by Crippen LogP contribution is 2.14. The molecule has 5 heteroatoms. The van der Waals surface area contributed by atoms with Gasteiger partial charge in [0.2, 0.25) is 5.91 Å². The molecule has 1 aliphatic heterocycles. The van der Waals surface area contributed by atoms with E-state index in [9.17, 15) is 14.7 Å². The first kappa shape index (κ1) is 9.98. The summed E-state index contributed by atoms with van der Waals surface area (Å²) in [5, 5.41) is 11.8. The molecule has 0 saturated carbocycles. The molecule has 13 heavy (non-hydrogen) atoms. The Bertz CT molecular complexity index is 216. The zero-order chi connectivity index (χ0) is 9.84. The molecule has 0 bridgehead atoms. The van der Waals surface area contributed by atoms with E-state index in [2.05, 4.69) is 5.32 Å². The van der Waals surface area contributed by atoms with Crippen LogP contribution >= 0.6 is 0 Å². The molecule has 1 aliphatic rings. The van der Waals surface area contributed by atoms with E-state index in [1.54, 1.807) is 6.92 Å². The Morgan fingerprint density at radius 2 is 2.46 bits per heavy atom. The molecule has 2 atom stereocenters. The lowest BCUT2D eigenvalue weighted by molar-refractivity contribution is -0.158. The molecule has 0 aromatic heterocycles. The van der Waals surface area contributed by atoms with Gasteiger partial charge in [-0.3, -0.25) is 9.59 Å². The smallest absolute Gasteiger partial charge is 0.312 e. The number of nitrogens with one attached hydrogen (secondary N) is 1. The Balaban J connectivity index is 2.57. The summed E-state index contributed by atoms with van der Waals surface area (Å²) in [7, 11) is 0. The Hall–Kier alpha value is -1.10. The molecule has 0 unspecified atom stereocenters. The number of hydrogen-bond donors (Lipinski definition) is 2. The van der Waals surface area contributed by atoms with Gasteiger partial charge in [-0.1, -0.05) is 0 Å². The molecule has 1 fully saturated rings. The maximum absolute atomic E-state index is 11.2. The van der Waals surface area contributed by atoms with Crippen molar-refractivity contribution < 1.29 is 19.4 Å². The summed E-state index contributed by atoms with van der Waals surface area (Å²) < 4.78 is 4.72. The predicted octanol–water partition coefficient (Wildman–Crippen LogP) is -0.953. The van der Waals surface area contributed by atoms with Crippen LogP contribution in [-0.2, 0) is 14.3 Å². The Labute approximate surface area is 76.1 Å². The van der Waals surface area contributed by atoms with Gasteiger partial charge in [-0.2, -0.15) is 0 Å². The maximum Gasteiger partial charge on any atom is 0.312 e. The van der Waals surface area contributed by atoms with Crippen molar-refractivity contribution in [2.45, 2.75) is 19.4 Å². The van der Waals surface area contributed by atoms with Gasteiger partial charge in [-0.05, 0) is 13.3 Å². The van der Waals surface area contributed by atoms with Crippen molar-refractivity contribution in [3.63, 3.8) is 0 Å². The van der Waals surface area contributed by atoms with Crippen molar-refractivity contribution in [2.24, 2.45) is 5.92 Å². The van der Waals surface area contributed by atoms with Gasteiger partial charge in [0.25, 0.3) is 0 Å². The van der Waals surface area contributed by atoms with Crippen molar-refractivity contribution in [3.8, 4) is 0 Å². The molecule has 5 nitrogen and oxygen atoms in total. The fourth-order valence-corrected chi connectivity index (χ4v) is 1.29. The average molecular weight is 187 g/mol. The van der Waals surface area contributed by atoms with Gasteiger partial charge in [0.05, 0.1) is 12.5 Å². The quantitative estimate of drug-likeness (QED) is 0.546. The van der Waals surface area contributed by atoms with Crippen LogP contribution in [-0.4, -0.2) is 36.2 Å². The average Bonchev–Trinajstić information content (AvgIpc) is 2.10. The first-order valence-corrected chi connectivity index (χ1v) is 4.29. The lowest BCUT2D eigenvalue weighted by Crippen LogP contribution is -2.49. The highest BCUT2D eigenvalue weighted by atomic mass is 16.5. The SMILES string of the molecule is CCOC(=O)[C@H]1CCNC(=O)[C@H]1O. The van der Waals surface area contributed by atoms with Crippen LogP contribution in [0.1, 0.15) is 13.3 Å². The lowest BCUT2D eigenvalue weighted by atomic mass is 9.95. The molecule has 2 N–H and O–H groups in total. The number of ether oxygens (including phenoxy) is 1. The standard InChI is InChI=1S/C8H13NO4/c1-2-13-8(12)5-3-4-9-7(11)6(5)10/h5-6,10H,2-4H2,1H3,(H,9,11)/t5-,6-/m0/s1. The summed E-state index contributed by atoms with van der Waals surface area (Å²) in [6.45, 7) is 2.37. The van der Waals surface area contributed by atoms with Gasteiger partial charge in [-0.15, -0.1) is 0 Å². The predicted molar refractivity (Wildman–Crippen MR) is 43.8 cm³/mol. The van der Waals surface area contributed by atoms with E-state index in [1.165, 1.54) is 0 Å². The second-order valence-corrected chi connectivity index (χ2v) is 2.88. The van der Waals surface area contributed by atoms with E-state index in [0.717, 1.165) is 0 Å². The minimum atomic E-state index is -1.26. The Morgan fingerprint density at radius 3 is 3.08 bits per heavy atom. The van der Waals surface area contributed by atoms with Crippen LogP contribution in [0.15, 0.2) is 0 Å².